The molecule has 0 aromatic carbocycles. The Labute approximate surface area is 110 Å². The molecule has 0 aromatic heterocycles. The number of unbranched alkanes of at least 4 members (excludes halogenated alkanes) is 2. The molecular weight excluding hydrogens is 230 g/mol. The molecule has 1 saturated carbocycles. The van der Waals surface area contributed by atoms with Crippen LogP contribution in [0.15, 0.2) is 0 Å². The van der Waals surface area contributed by atoms with Crippen molar-refractivity contribution in [3.8, 4) is 0 Å². The molecule has 4 nitrogen and oxygen atoms in total. The Bertz CT molecular complexity index is 274. The van der Waals surface area contributed by atoms with Crippen LogP contribution in [-0.4, -0.2) is 36.5 Å². The fourth-order valence-corrected chi connectivity index (χ4v) is 1.93. The van der Waals surface area contributed by atoms with Crippen molar-refractivity contribution in [2.45, 2.75) is 52.4 Å². The van der Waals surface area contributed by atoms with Crippen molar-refractivity contribution < 1.29 is 14.3 Å². The summed E-state index contributed by atoms with van der Waals surface area (Å²) in [6, 6.07) is 0. The molecule has 4 heteroatoms. The first kappa shape index (κ1) is 15.0. The highest BCUT2D eigenvalue weighted by Gasteiger charge is 2.33. The number of carbonyl (C=O) groups is 2. The van der Waals surface area contributed by atoms with E-state index in [1.807, 2.05) is 4.90 Å². The van der Waals surface area contributed by atoms with E-state index < -0.39 is 0 Å². The Morgan fingerprint density at radius 1 is 1.17 bits per heavy atom. The third kappa shape index (κ3) is 5.52. The highest BCUT2D eigenvalue weighted by Crippen LogP contribution is 2.31. The Kier molecular flexibility index (Phi) is 6.76. The highest BCUT2D eigenvalue weighted by molar-refractivity contribution is 5.81. The third-order valence-corrected chi connectivity index (χ3v) is 3.16. The van der Waals surface area contributed by atoms with E-state index >= 15 is 0 Å². The zero-order valence-corrected chi connectivity index (χ0v) is 11.6. The number of carbonyl (C=O) groups excluding carboxylic acids is 2. The van der Waals surface area contributed by atoms with E-state index in [0.717, 1.165) is 38.6 Å². The van der Waals surface area contributed by atoms with E-state index in [1.165, 1.54) is 0 Å². The van der Waals surface area contributed by atoms with Crippen molar-refractivity contribution in [1.82, 2.24) is 4.90 Å². The van der Waals surface area contributed by atoms with Gasteiger partial charge >= 0.3 is 5.97 Å². The molecule has 0 saturated heterocycles. The monoisotopic (exact) mass is 255 g/mol. The van der Waals surface area contributed by atoms with Crippen LogP contribution >= 0.6 is 0 Å². The van der Waals surface area contributed by atoms with E-state index in [9.17, 15) is 9.59 Å². The average Bonchev–Trinajstić information content (AvgIpc) is 3.17. The van der Waals surface area contributed by atoms with Crippen molar-refractivity contribution in [1.29, 1.82) is 0 Å². The highest BCUT2D eigenvalue weighted by atomic mass is 16.5. The van der Waals surface area contributed by atoms with Gasteiger partial charge in [-0.05, 0) is 26.2 Å². The fourth-order valence-electron chi connectivity index (χ4n) is 1.93. The topological polar surface area (TPSA) is 46.6 Å². The SMILES string of the molecule is CCCCCN(CCC(=O)OCC)C(=O)C1CC1. The zero-order valence-electron chi connectivity index (χ0n) is 11.6. The van der Waals surface area contributed by atoms with Crippen LogP contribution in [0.25, 0.3) is 0 Å². The van der Waals surface area contributed by atoms with Crippen molar-refractivity contribution >= 4 is 11.9 Å². The van der Waals surface area contributed by atoms with E-state index in [4.69, 9.17) is 4.74 Å². The quantitative estimate of drug-likeness (QED) is 0.469. The van der Waals surface area contributed by atoms with E-state index in [0.29, 0.717) is 19.6 Å². The summed E-state index contributed by atoms with van der Waals surface area (Å²) in [6.07, 6.45) is 5.65. The van der Waals surface area contributed by atoms with Crippen LogP contribution in [0.4, 0.5) is 0 Å². The molecule has 1 fully saturated rings. The largest absolute Gasteiger partial charge is 0.466 e. The molecule has 0 heterocycles. The summed E-state index contributed by atoms with van der Waals surface area (Å²) >= 11 is 0. The smallest absolute Gasteiger partial charge is 0.307 e. The lowest BCUT2D eigenvalue weighted by Crippen LogP contribution is -2.35. The Hall–Kier alpha value is -1.06. The van der Waals surface area contributed by atoms with Crippen LogP contribution in [-0.2, 0) is 14.3 Å². The summed E-state index contributed by atoms with van der Waals surface area (Å²) < 4.78 is 4.90. The maximum atomic E-state index is 12.0. The Morgan fingerprint density at radius 3 is 2.44 bits per heavy atom. The van der Waals surface area contributed by atoms with Gasteiger partial charge in [-0.2, -0.15) is 0 Å². The maximum Gasteiger partial charge on any atom is 0.307 e. The van der Waals surface area contributed by atoms with Gasteiger partial charge in [0.05, 0.1) is 13.0 Å². The molecule has 0 radical (unpaired) electrons. The summed E-state index contributed by atoms with van der Waals surface area (Å²) in [4.78, 5) is 25.2. The third-order valence-electron chi connectivity index (χ3n) is 3.16. The van der Waals surface area contributed by atoms with Crippen molar-refractivity contribution in [3.05, 3.63) is 0 Å². The number of esters is 1. The number of rotatable bonds is 9. The fraction of sp³-hybridized carbons (Fsp3) is 0.857. The van der Waals surface area contributed by atoms with E-state index in [2.05, 4.69) is 6.92 Å². The molecule has 1 amide bonds. The van der Waals surface area contributed by atoms with Gasteiger partial charge in [-0.3, -0.25) is 9.59 Å². The van der Waals surface area contributed by atoms with Crippen molar-refractivity contribution in [2.75, 3.05) is 19.7 Å². The number of nitrogens with zero attached hydrogens (tertiary/aromatic N) is 1. The van der Waals surface area contributed by atoms with Gasteiger partial charge in [0.1, 0.15) is 0 Å². The Balaban J connectivity index is 2.33. The van der Waals surface area contributed by atoms with Crippen molar-refractivity contribution in [2.24, 2.45) is 5.92 Å². The van der Waals surface area contributed by atoms with Gasteiger partial charge in [0.25, 0.3) is 0 Å². The first-order valence-corrected chi connectivity index (χ1v) is 7.13. The number of hydrogen-bond donors (Lipinski definition) is 0. The van der Waals surface area contributed by atoms with E-state index in [-0.39, 0.29) is 17.8 Å². The molecule has 1 rings (SSSR count). The number of hydrogen-bond acceptors (Lipinski definition) is 3. The lowest BCUT2D eigenvalue weighted by molar-refractivity contribution is -0.144. The normalized spacial score (nSPS) is 14.3. The molecule has 104 valence electrons. The number of ether oxygens (including phenoxy) is 1. The first-order valence-electron chi connectivity index (χ1n) is 7.13. The van der Waals surface area contributed by atoms with Gasteiger partial charge < -0.3 is 9.64 Å². The molecule has 0 bridgehead atoms. The molecule has 1 aliphatic carbocycles. The van der Waals surface area contributed by atoms with E-state index in [1.54, 1.807) is 6.92 Å². The second-order valence-electron chi connectivity index (χ2n) is 4.86. The predicted octanol–water partition coefficient (Wildman–Crippen LogP) is 2.37. The van der Waals surface area contributed by atoms with Crippen molar-refractivity contribution in [3.63, 3.8) is 0 Å². The maximum absolute atomic E-state index is 12.0. The molecular formula is C14H25NO3. The standard InChI is InChI=1S/C14H25NO3/c1-3-5-6-10-15(14(17)12-7-8-12)11-9-13(16)18-4-2/h12H,3-11H2,1-2H3. The van der Waals surface area contributed by atoms with Crippen LogP contribution in [0.2, 0.25) is 0 Å². The van der Waals surface area contributed by atoms with Gasteiger partial charge in [0.15, 0.2) is 0 Å². The lowest BCUT2D eigenvalue weighted by atomic mass is 10.2. The van der Waals surface area contributed by atoms with Crippen LogP contribution in [0.1, 0.15) is 52.4 Å². The summed E-state index contributed by atoms with van der Waals surface area (Å²) in [5, 5.41) is 0. The average molecular weight is 255 g/mol. The molecule has 0 spiro atoms. The van der Waals surface area contributed by atoms with Gasteiger partial charge in [-0.15, -0.1) is 0 Å². The minimum absolute atomic E-state index is 0.207. The number of amides is 1. The summed E-state index contributed by atoms with van der Waals surface area (Å²) in [7, 11) is 0. The zero-order chi connectivity index (χ0) is 13.4. The summed E-state index contributed by atoms with van der Waals surface area (Å²) in [6.45, 7) is 5.64. The van der Waals surface area contributed by atoms with Crippen LogP contribution in [0, 0.1) is 5.92 Å². The summed E-state index contributed by atoms with van der Waals surface area (Å²) in [5.41, 5.74) is 0. The second kappa shape index (κ2) is 8.11. The predicted molar refractivity (Wildman–Crippen MR) is 70.1 cm³/mol. The van der Waals surface area contributed by atoms with Gasteiger partial charge in [-0.25, -0.2) is 0 Å². The van der Waals surface area contributed by atoms with Crippen LogP contribution in [0.5, 0.6) is 0 Å². The van der Waals surface area contributed by atoms with Gasteiger partial charge in [0.2, 0.25) is 5.91 Å². The van der Waals surface area contributed by atoms with Crippen LogP contribution < -0.4 is 0 Å². The van der Waals surface area contributed by atoms with Crippen LogP contribution in [0.3, 0.4) is 0 Å². The summed E-state index contributed by atoms with van der Waals surface area (Å²) in [5.74, 6) is 0.255. The molecule has 1 aliphatic rings. The molecule has 18 heavy (non-hydrogen) atoms. The van der Waals surface area contributed by atoms with Gasteiger partial charge in [-0.1, -0.05) is 19.8 Å². The minimum Gasteiger partial charge on any atom is -0.466 e. The van der Waals surface area contributed by atoms with Gasteiger partial charge in [0, 0.05) is 19.0 Å². The lowest BCUT2D eigenvalue weighted by Gasteiger charge is -2.22. The molecule has 0 aliphatic heterocycles. The minimum atomic E-state index is -0.207. The Morgan fingerprint density at radius 2 is 1.89 bits per heavy atom. The first-order chi connectivity index (χ1) is 8.69. The molecule has 0 atom stereocenters. The molecule has 0 N–H and O–H groups in total. The molecule has 0 unspecified atom stereocenters. The second-order valence-corrected chi connectivity index (χ2v) is 4.86. The molecule has 0 aromatic rings.